The zero-order valence-electron chi connectivity index (χ0n) is 21.8. The number of alkyl halides is 2. The number of allylic oxidation sites excluding steroid dienone is 1. The van der Waals surface area contributed by atoms with E-state index in [-0.39, 0.29) is 22.4 Å². The number of hydrogen-bond acceptors (Lipinski definition) is 4. The van der Waals surface area contributed by atoms with E-state index in [0.717, 1.165) is 12.1 Å². The summed E-state index contributed by atoms with van der Waals surface area (Å²) in [6.07, 6.45) is -1.07. The first kappa shape index (κ1) is 26.2. The molecule has 3 aromatic rings. The highest BCUT2D eigenvalue weighted by Crippen LogP contribution is 2.50. The molecule has 38 heavy (non-hydrogen) atoms. The summed E-state index contributed by atoms with van der Waals surface area (Å²) in [5.41, 5.74) is 1.79. The molecule has 0 bridgehead atoms. The number of phenolic OH excluding ortho intramolecular Hbond substituents is 1. The highest BCUT2D eigenvalue weighted by Gasteiger charge is 2.34. The van der Waals surface area contributed by atoms with Crippen molar-refractivity contribution in [1.82, 2.24) is 4.90 Å². The van der Waals surface area contributed by atoms with Crippen molar-refractivity contribution in [2.75, 3.05) is 13.2 Å². The molecule has 1 N–H and O–H groups in total. The lowest BCUT2D eigenvalue weighted by Crippen LogP contribution is -2.39. The third-order valence-electron chi connectivity index (χ3n) is 7.70. The molecule has 2 aliphatic heterocycles. The zero-order valence-corrected chi connectivity index (χ0v) is 21.8. The number of nitrogens with zero attached hydrogens (tertiary/aromatic N) is 1. The molecule has 0 amide bonds. The molecule has 0 saturated carbocycles. The van der Waals surface area contributed by atoms with E-state index in [4.69, 9.17) is 9.47 Å². The first-order chi connectivity index (χ1) is 18.3. The quantitative estimate of drug-likeness (QED) is 0.343. The summed E-state index contributed by atoms with van der Waals surface area (Å²) in [5.74, 6) is -0.411. The van der Waals surface area contributed by atoms with Crippen LogP contribution in [0.25, 0.3) is 11.1 Å². The molecule has 1 fully saturated rings. The van der Waals surface area contributed by atoms with Crippen LogP contribution in [0.15, 0.2) is 60.7 Å². The normalized spacial score (nSPS) is 20.4. The van der Waals surface area contributed by atoms with Gasteiger partial charge in [0.05, 0.1) is 5.56 Å². The molecule has 2 heterocycles. The van der Waals surface area contributed by atoms with Crippen molar-refractivity contribution < 1.29 is 27.8 Å². The van der Waals surface area contributed by atoms with Gasteiger partial charge in [0.15, 0.2) is 11.6 Å². The summed E-state index contributed by atoms with van der Waals surface area (Å²) >= 11 is 0. The van der Waals surface area contributed by atoms with Crippen molar-refractivity contribution in [2.24, 2.45) is 0 Å². The van der Waals surface area contributed by atoms with E-state index in [2.05, 4.69) is 18.7 Å². The van der Waals surface area contributed by atoms with Crippen LogP contribution in [-0.2, 0) is 0 Å². The van der Waals surface area contributed by atoms with Crippen LogP contribution in [0.4, 0.5) is 13.2 Å². The van der Waals surface area contributed by atoms with Crippen LogP contribution < -0.4 is 9.47 Å². The number of aromatic hydroxyl groups is 1. The first-order valence-electron chi connectivity index (χ1n) is 13.0. The van der Waals surface area contributed by atoms with E-state index >= 15 is 4.39 Å². The second-order valence-electron chi connectivity index (χ2n) is 10.2. The number of ether oxygens (including phenoxy) is 2. The predicted octanol–water partition coefficient (Wildman–Crippen LogP) is 7.78. The van der Waals surface area contributed by atoms with Gasteiger partial charge in [-0.3, -0.25) is 4.90 Å². The summed E-state index contributed by atoms with van der Waals surface area (Å²) in [6.45, 7) is 7.73. The van der Waals surface area contributed by atoms with Crippen LogP contribution in [0.2, 0.25) is 0 Å². The topological polar surface area (TPSA) is 41.9 Å². The molecule has 5 rings (SSSR count). The predicted molar refractivity (Wildman–Crippen MR) is 142 cm³/mol. The van der Waals surface area contributed by atoms with Crippen LogP contribution in [0.1, 0.15) is 68.4 Å². The summed E-state index contributed by atoms with van der Waals surface area (Å²) in [6, 6.07) is 17.2. The van der Waals surface area contributed by atoms with E-state index in [1.165, 1.54) is 31.0 Å². The standard InChI is InChI=1S/C31H32F3NO3/c1-18-7-6-16-35(18)19(2)17-37-22-12-10-21(11-13-22)30-27(23-8-4-5-9-24(23)31(33)34)20(3)28-26(38-30)15-14-25(36)29(28)32/h4-5,8-15,18-19,30-31,36H,6-7,16-17H2,1-3H3. The minimum atomic E-state index is -2.72. The Morgan fingerprint density at radius 3 is 2.50 bits per heavy atom. The molecule has 1 saturated heterocycles. The van der Waals surface area contributed by atoms with E-state index < -0.39 is 24.1 Å². The average molecular weight is 524 g/mol. The second-order valence-corrected chi connectivity index (χ2v) is 10.2. The van der Waals surface area contributed by atoms with Gasteiger partial charge in [-0.05, 0) is 81.1 Å². The SMILES string of the molecule is CC1=C(c2ccccc2C(F)F)C(c2ccc(OCC(C)N3CCCC3C)cc2)Oc2ccc(O)c(F)c21. The minimum absolute atomic E-state index is 0.0744. The number of fused-ring (bicyclic) bond motifs is 1. The Kier molecular flexibility index (Phi) is 7.39. The van der Waals surface area contributed by atoms with Crippen LogP contribution in [-0.4, -0.2) is 35.2 Å². The second kappa shape index (κ2) is 10.7. The highest BCUT2D eigenvalue weighted by atomic mass is 19.3. The first-order valence-corrected chi connectivity index (χ1v) is 13.0. The molecule has 3 atom stereocenters. The number of phenols is 1. The molecule has 4 nitrogen and oxygen atoms in total. The van der Waals surface area contributed by atoms with Crippen molar-refractivity contribution in [3.8, 4) is 17.2 Å². The summed E-state index contributed by atoms with van der Waals surface area (Å²) in [5, 5.41) is 9.99. The van der Waals surface area contributed by atoms with Crippen LogP contribution in [0.5, 0.6) is 17.2 Å². The number of hydrogen-bond donors (Lipinski definition) is 1. The Morgan fingerprint density at radius 1 is 1.08 bits per heavy atom. The molecule has 7 heteroatoms. The van der Waals surface area contributed by atoms with Gasteiger partial charge in [-0.15, -0.1) is 0 Å². The van der Waals surface area contributed by atoms with Crippen LogP contribution >= 0.6 is 0 Å². The molecule has 0 spiro atoms. The molecular formula is C31H32F3NO3. The molecule has 200 valence electrons. The van der Waals surface area contributed by atoms with Crippen molar-refractivity contribution in [3.63, 3.8) is 0 Å². The van der Waals surface area contributed by atoms with Gasteiger partial charge in [0.1, 0.15) is 24.2 Å². The van der Waals surface area contributed by atoms with Crippen molar-refractivity contribution in [3.05, 3.63) is 88.7 Å². The number of benzene rings is 3. The monoisotopic (exact) mass is 523 g/mol. The van der Waals surface area contributed by atoms with Gasteiger partial charge in [-0.1, -0.05) is 36.4 Å². The van der Waals surface area contributed by atoms with Crippen LogP contribution in [0, 0.1) is 5.82 Å². The number of halogens is 3. The molecule has 2 aliphatic rings. The van der Waals surface area contributed by atoms with Gasteiger partial charge in [-0.2, -0.15) is 0 Å². The van der Waals surface area contributed by atoms with E-state index in [9.17, 15) is 13.9 Å². The Bertz CT molecular complexity index is 1340. The Balaban J connectivity index is 1.48. The lowest BCUT2D eigenvalue weighted by Gasteiger charge is -2.32. The largest absolute Gasteiger partial charge is 0.505 e. The third-order valence-corrected chi connectivity index (χ3v) is 7.70. The summed E-state index contributed by atoms with van der Waals surface area (Å²) in [4.78, 5) is 2.46. The lowest BCUT2D eigenvalue weighted by atomic mass is 9.84. The zero-order chi connectivity index (χ0) is 27.0. The van der Waals surface area contributed by atoms with Gasteiger partial charge >= 0.3 is 0 Å². The Morgan fingerprint density at radius 2 is 1.82 bits per heavy atom. The maximum Gasteiger partial charge on any atom is 0.264 e. The number of rotatable bonds is 7. The minimum Gasteiger partial charge on any atom is -0.505 e. The third kappa shape index (κ3) is 4.87. The van der Waals surface area contributed by atoms with Crippen molar-refractivity contribution in [2.45, 2.75) is 58.2 Å². The molecular weight excluding hydrogens is 491 g/mol. The molecule has 0 aliphatic carbocycles. The summed E-state index contributed by atoms with van der Waals surface area (Å²) < 4.78 is 55.4. The maximum atomic E-state index is 15.0. The van der Waals surface area contributed by atoms with E-state index in [0.29, 0.717) is 35.6 Å². The van der Waals surface area contributed by atoms with Crippen molar-refractivity contribution >= 4 is 11.1 Å². The van der Waals surface area contributed by atoms with E-state index in [1.54, 1.807) is 25.1 Å². The fourth-order valence-electron chi connectivity index (χ4n) is 5.68. The number of likely N-dealkylation sites (tertiary alicyclic amines) is 1. The van der Waals surface area contributed by atoms with Gasteiger partial charge in [0.25, 0.3) is 6.43 Å². The highest BCUT2D eigenvalue weighted by molar-refractivity contribution is 5.96. The smallest absolute Gasteiger partial charge is 0.264 e. The Labute approximate surface area is 221 Å². The van der Waals surface area contributed by atoms with Gasteiger partial charge in [0, 0.05) is 23.2 Å². The Hall–Kier alpha value is -3.45. The maximum absolute atomic E-state index is 15.0. The van der Waals surface area contributed by atoms with Crippen LogP contribution in [0.3, 0.4) is 0 Å². The van der Waals surface area contributed by atoms with Gasteiger partial charge in [-0.25, -0.2) is 13.2 Å². The lowest BCUT2D eigenvalue weighted by molar-refractivity contribution is 0.141. The van der Waals surface area contributed by atoms with E-state index in [1.807, 2.05) is 24.3 Å². The fraction of sp³-hybridized carbons (Fsp3) is 0.355. The summed E-state index contributed by atoms with van der Waals surface area (Å²) in [7, 11) is 0. The van der Waals surface area contributed by atoms with Crippen molar-refractivity contribution in [1.29, 1.82) is 0 Å². The molecule has 3 aromatic carbocycles. The van der Waals surface area contributed by atoms with Gasteiger partial charge < -0.3 is 14.6 Å². The average Bonchev–Trinajstić information content (AvgIpc) is 3.35. The molecule has 0 aromatic heterocycles. The molecule has 3 unspecified atom stereocenters. The molecule has 0 radical (unpaired) electrons. The fourth-order valence-corrected chi connectivity index (χ4v) is 5.68. The van der Waals surface area contributed by atoms with Gasteiger partial charge in [0.2, 0.25) is 0 Å².